The molecule has 0 aliphatic heterocycles. The zero-order valence-electron chi connectivity index (χ0n) is 12.6. The highest BCUT2D eigenvalue weighted by Crippen LogP contribution is 2.41. The third kappa shape index (κ3) is 2.88. The number of benzene rings is 1. The van der Waals surface area contributed by atoms with Gasteiger partial charge in [-0.2, -0.15) is 0 Å². The number of carboxylic acids is 1. The third-order valence-electron chi connectivity index (χ3n) is 4.56. The molecule has 1 aromatic rings. The van der Waals surface area contributed by atoms with Crippen LogP contribution in [0.1, 0.15) is 50.7 Å². The van der Waals surface area contributed by atoms with E-state index in [1.165, 1.54) is 5.56 Å². The minimum atomic E-state index is -0.681. The van der Waals surface area contributed by atoms with Gasteiger partial charge in [0.15, 0.2) is 0 Å². The lowest BCUT2D eigenvalue weighted by Crippen LogP contribution is -2.32. The molecule has 20 heavy (non-hydrogen) atoms. The summed E-state index contributed by atoms with van der Waals surface area (Å²) < 4.78 is 5.44. The van der Waals surface area contributed by atoms with Gasteiger partial charge in [-0.15, -0.1) is 0 Å². The van der Waals surface area contributed by atoms with Gasteiger partial charge in [0.1, 0.15) is 0 Å². The van der Waals surface area contributed by atoms with Crippen LogP contribution in [0.4, 0.5) is 0 Å². The Morgan fingerprint density at radius 1 is 1.25 bits per heavy atom. The molecular formula is C17H24O3. The van der Waals surface area contributed by atoms with Crippen LogP contribution >= 0.6 is 0 Å². The number of carboxylic acid groups (broad SMARTS) is 1. The van der Waals surface area contributed by atoms with Crippen molar-refractivity contribution >= 4 is 5.97 Å². The molecule has 0 aromatic heterocycles. The van der Waals surface area contributed by atoms with Crippen molar-refractivity contribution in [2.24, 2.45) is 0 Å². The van der Waals surface area contributed by atoms with E-state index in [2.05, 4.69) is 13.8 Å². The van der Waals surface area contributed by atoms with Crippen molar-refractivity contribution in [2.75, 3.05) is 7.11 Å². The highest BCUT2D eigenvalue weighted by Gasteiger charge is 2.42. The van der Waals surface area contributed by atoms with Gasteiger partial charge in [-0.3, -0.25) is 4.79 Å². The molecule has 0 spiro atoms. The average Bonchev–Trinajstić information content (AvgIpc) is 2.90. The van der Waals surface area contributed by atoms with Crippen LogP contribution in [-0.2, 0) is 21.4 Å². The second kappa shape index (κ2) is 5.57. The Kier molecular flexibility index (Phi) is 4.19. The zero-order valence-corrected chi connectivity index (χ0v) is 12.6. The van der Waals surface area contributed by atoms with E-state index in [1.54, 1.807) is 7.11 Å². The van der Waals surface area contributed by atoms with Crippen molar-refractivity contribution in [3.05, 3.63) is 35.4 Å². The minimum Gasteiger partial charge on any atom is -0.481 e. The van der Waals surface area contributed by atoms with Crippen LogP contribution in [-0.4, -0.2) is 23.8 Å². The Bertz CT molecular complexity index is 468. The summed E-state index contributed by atoms with van der Waals surface area (Å²) in [5.74, 6) is -0.681. The molecule has 0 unspecified atom stereocenters. The number of ether oxygens (including phenoxy) is 1. The predicted molar refractivity (Wildman–Crippen MR) is 79.0 cm³/mol. The molecule has 110 valence electrons. The molecule has 1 fully saturated rings. The SMILES string of the molecule is COC(C)(C)Cc1ccc(C2(C(=O)O)CCCC2)cc1. The normalized spacial score (nSPS) is 18.1. The quantitative estimate of drug-likeness (QED) is 0.894. The number of hydrogen-bond donors (Lipinski definition) is 1. The first kappa shape index (κ1) is 15.0. The fourth-order valence-corrected chi connectivity index (χ4v) is 3.11. The van der Waals surface area contributed by atoms with Gasteiger partial charge in [-0.05, 0) is 37.8 Å². The van der Waals surface area contributed by atoms with Crippen LogP contribution in [0.5, 0.6) is 0 Å². The topological polar surface area (TPSA) is 46.5 Å². The number of aliphatic carboxylic acids is 1. The molecule has 1 N–H and O–H groups in total. The molecule has 0 heterocycles. The first-order valence-corrected chi connectivity index (χ1v) is 7.28. The fraction of sp³-hybridized carbons (Fsp3) is 0.588. The molecule has 1 aliphatic rings. The van der Waals surface area contributed by atoms with Crippen molar-refractivity contribution in [1.82, 2.24) is 0 Å². The molecule has 1 saturated carbocycles. The summed E-state index contributed by atoms with van der Waals surface area (Å²) in [4.78, 5) is 11.7. The van der Waals surface area contributed by atoms with E-state index in [4.69, 9.17) is 4.74 Å². The first-order valence-electron chi connectivity index (χ1n) is 7.28. The van der Waals surface area contributed by atoms with E-state index in [0.29, 0.717) is 0 Å². The van der Waals surface area contributed by atoms with Gasteiger partial charge < -0.3 is 9.84 Å². The smallest absolute Gasteiger partial charge is 0.314 e. The second-order valence-electron chi connectivity index (χ2n) is 6.43. The Hall–Kier alpha value is -1.35. The molecule has 2 rings (SSSR count). The van der Waals surface area contributed by atoms with Gasteiger partial charge in [-0.25, -0.2) is 0 Å². The average molecular weight is 276 g/mol. The molecular weight excluding hydrogens is 252 g/mol. The van der Waals surface area contributed by atoms with E-state index in [-0.39, 0.29) is 5.60 Å². The highest BCUT2D eigenvalue weighted by atomic mass is 16.5. The lowest BCUT2D eigenvalue weighted by atomic mass is 9.78. The minimum absolute atomic E-state index is 0.195. The Morgan fingerprint density at radius 2 is 1.80 bits per heavy atom. The maximum absolute atomic E-state index is 11.7. The lowest BCUT2D eigenvalue weighted by molar-refractivity contribution is -0.143. The summed E-state index contributed by atoms with van der Waals surface area (Å²) in [5, 5.41) is 9.59. The van der Waals surface area contributed by atoms with Crippen LogP contribution in [0.3, 0.4) is 0 Å². The summed E-state index contributed by atoms with van der Waals surface area (Å²) >= 11 is 0. The monoisotopic (exact) mass is 276 g/mol. The van der Waals surface area contributed by atoms with Gasteiger partial charge in [0.2, 0.25) is 0 Å². The third-order valence-corrected chi connectivity index (χ3v) is 4.56. The van der Waals surface area contributed by atoms with Gasteiger partial charge >= 0.3 is 5.97 Å². The maximum Gasteiger partial charge on any atom is 0.314 e. The van der Waals surface area contributed by atoms with Crippen LogP contribution in [0.15, 0.2) is 24.3 Å². The fourth-order valence-electron chi connectivity index (χ4n) is 3.11. The van der Waals surface area contributed by atoms with Crippen LogP contribution in [0.2, 0.25) is 0 Å². The van der Waals surface area contributed by atoms with Crippen molar-refractivity contribution in [2.45, 2.75) is 57.0 Å². The Morgan fingerprint density at radius 3 is 2.25 bits per heavy atom. The summed E-state index contributed by atoms with van der Waals surface area (Å²) in [6.45, 7) is 4.10. The van der Waals surface area contributed by atoms with E-state index < -0.39 is 11.4 Å². The number of rotatable bonds is 5. The number of carbonyl (C=O) groups is 1. The van der Waals surface area contributed by atoms with Gasteiger partial charge in [0.25, 0.3) is 0 Å². The van der Waals surface area contributed by atoms with Crippen LogP contribution in [0, 0.1) is 0 Å². The number of hydrogen-bond acceptors (Lipinski definition) is 2. The molecule has 3 nitrogen and oxygen atoms in total. The second-order valence-corrected chi connectivity index (χ2v) is 6.43. The standard InChI is InChI=1S/C17H24O3/c1-16(2,20-3)12-13-6-8-14(9-7-13)17(15(18)19)10-4-5-11-17/h6-9H,4-5,10-12H2,1-3H3,(H,18,19). The summed E-state index contributed by atoms with van der Waals surface area (Å²) in [6, 6.07) is 8.05. The van der Waals surface area contributed by atoms with Gasteiger partial charge in [0.05, 0.1) is 11.0 Å². The van der Waals surface area contributed by atoms with E-state index in [9.17, 15) is 9.90 Å². The molecule has 0 bridgehead atoms. The predicted octanol–water partition coefficient (Wildman–Crippen LogP) is 3.55. The Labute approximate surface area is 121 Å². The van der Waals surface area contributed by atoms with Crippen molar-refractivity contribution in [3.8, 4) is 0 Å². The summed E-state index contributed by atoms with van der Waals surface area (Å²) in [5.41, 5.74) is 1.27. The van der Waals surface area contributed by atoms with Gasteiger partial charge in [-0.1, -0.05) is 37.1 Å². The molecule has 0 saturated heterocycles. The molecule has 1 aromatic carbocycles. The highest BCUT2D eigenvalue weighted by molar-refractivity contribution is 5.81. The molecule has 3 heteroatoms. The van der Waals surface area contributed by atoms with E-state index >= 15 is 0 Å². The molecule has 0 radical (unpaired) electrons. The Balaban J connectivity index is 2.21. The van der Waals surface area contributed by atoms with Crippen molar-refractivity contribution in [1.29, 1.82) is 0 Å². The first-order chi connectivity index (χ1) is 9.39. The molecule has 0 atom stereocenters. The number of methoxy groups -OCH3 is 1. The van der Waals surface area contributed by atoms with E-state index in [1.807, 2.05) is 24.3 Å². The van der Waals surface area contributed by atoms with Crippen molar-refractivity contribution < 1.29 is 14.6 Å². The summed E-state index contributed by atoms with van der Waals surface area (Å²) in [7, 11) is 1.71. The van der Waals surface area contributed by atoms with Crippen molar-refractivity contribution in [3.63, 3.8) is 0 Å². The lowest BCUT2D eigenvalue weighted by Gasteiger charge is -2.26. The largest absolute Gasteiger partial charge is 0.481 e. The van der Waals surface area contributed by atoms with Crippen LogP contribution in [0.25, 0.3) is 0 Å². The molecule has 1 aliphatic carbocycles. The maximum atomic E-state index is 11.7. The van der Waals surface area contributed by atoms with Crippen LogP contribution < -0.4 is 0 Å². The molecule has 0 amide bonds. The van der Waals surface area contributed by atoms with Gasteiger partial charge in [0, 0.05) is 13.5 Å². The summed E-state index contributed by atoms with van der Waals surface area (Å²) in [6.07, 6.45) is 4.34. The zero-order chi connectivity index (χ0) is 14.8. The van der Waals surface area contributed by atoms with E-state index in [0.717, 1.165) is 37.7 Å².